The van der Waals surface area contributed by atoms with Crippen molar-refractivity contribution in [2.24, 2.45) is 0 Å². The fourth-order valence-corrected chi connectivity index (χ4v) is 10.9. The molecule has 4 N–H and O–H groups in total. The monoisotopic (exact) mass is 863 g/mol. The lowest BCUT2D eigenvalue weighted by Crippen LogP contribution is -2.36. The molecule has 8 rings (SSSR count). The first-order valence-electron chi connectivity index (χ1n) is 17.5. The van der Waals surface area contributed by atoms with E-state index in [4.69, 9.17) is 33.3 Å². The van der Waals surface area contributed by atoms with Gasteiger partial charge in [0.2, 0.25) is 0 Å². The third-order valence-electron chi connectivity index (χ3n) is 9.54. The fraction of sp³-hybridized carbons (Fsp3) is 0.353. The topological polar surface area (TPSA) is 251 Å². The maximum absolute atomic E-state index is 16.5. The van der Waals surface area contributed by atoms with E-state index in [2.05, 4.69) is 15.0 Å². The van der Waals surface area contributed by atoms with Crippen LogP contribution in [-0.4, -0.2) is 89.7 Å². The van der Waals surface area contributed by atoms with Gasteiger partial charge >= 0.3 is 20.3 Å². The number of alkyl halides is 2. The van der Waals surface area contributed by atoms with Crippen molar-refractivity contribution in [1.29, 1.82) is 0 Å². The molecule has 2 unspecified atom stereocenters. The fourth-order valence-electron chi connectivity index (χ4n) is 6.57. The van der Waals surface area contributed by atoms with Crippen molar-refractivity contribution in [2.45, 2.75) is 61.9 Å². The van der Waals surface area contributed by atoms with Crippen LogP contribution in [0.5, 0.6) is 0 Å². The molecule has 2 bridgehead atoms. The van der Waals surface area contributed by atoms with Crippen LogP contribution in [0.1, 0.15) is 39.5 Å². The molecule has 306 valence electrons. The van der Waals surface area contributed by atoms with Gasteiger partial charge in [0.25, 0.3) is 5.56 Å². The lowest BCUT2D eigenvalue weighted by atomic mass is 10.0. The molecule has 58 heavy (non-hydrogen) atoms. The quantitative estimate of drug-likeness (QED) is 0.155. The van der Waals surface area contributed by atoms with Crippen LogP contribution in [0.25, 0.3) is 11.2 Å². The molecule has 5 aromatic rings. The molecule has 3 aliphatic heterocycles. The van der Waals surface area contributed by atoms with Crippen molar-refractivity contribution in [2.75, 3.05) is 18.9 Å². The first-order valence-corrected chi connectivity index (χ1v) is 22.1. The number of benzene rings is 2. The Bertz CT molecular complexity index is 2560. The SMILES string of the molecule is Cc1ccc(C(=O)c2ccc(CSP3(=O)OC[C@H]4O[C@@H](n5ccc(=O)[nH]c5=O)[C@H](F)[C@@H]4OP(=O)(O)OC[C@H]4O[C@@H](n5cnc6c(N)ncnc65)[C@H](O3)[C@@H]4F)cc2)cc1. The molecule has 3 fully saturated rings. The number of anilines is 1. The Morgan fingerprint density at radius 1 is 0.897 bits per heavy atom. The predicted octanol–water partition coefficient (Wildman–Crippen LogP) is 3.93. The van der Waals surface area contributed by atoms with E-state index in [0.717, 1.165) is 24.2 Å². The number of nitrogens with zero attached hydrogens (tertiary/aromatic N) is 5. The number of H-pyrrole nitrogens is 1. The summed E-state index contributed by atoms with van der Waals surface area (Å²) in [6.45, 7) is -4.54. The van der Waals surface area contributed by atoms with Gasteiger partial charge in [-0.2, -0.15) is 0 Å². The number of ketones is 1. The molecule has 0 aliphatic carbocycles. The molecule has 0 amide bonds. The molecule has 3 saturated heterocycles. The highest BCUT2D eigenvalue weighted by Crippen LogP contribution is 2.65. The zero-order valence-corrected chi connectivity index (χ0v) is 32.6. The molecule has 0 spiro atoms. The number of nitrogens with one attached hydrogen (secondary N) is 1. The Kier molecular flexibility index (Phi) is 11.1. The highest BCUT2D eigenvalue weighted by atomic mass is 32.7. The number of carbonyl (C=O) groups is 1. The molecule has 10 atom stereocenters. The highest BCUT2D eigenvalue weighted by Gasteiger charge is 2.55. The van der Waals surface area contributed by atoms with Gasteiger partial charge in [0.1, 0.15) is 36.3 Å². The van der Waals surface area contributed by atoms with E-state index < -0.39 is 88.3 Å². The van der Waals surface area contributed by atoms with E-state index in [-0.39, 0.29) is 28.5 Å². The van der Waals surface area contributed by atoms with Crippen molar-refractivity contribution < 1.29 is 55.2 Å². The van der Waals surface area contributed by atoms with Crippen LogP contribution in [0.2, 0.25) is 0 Å². The average Bonchev–Trinajstić information content (AvgIpc) is 3.86. The summed E-state index contributed by atoms with van der Waals surface area (Å²) >= 11 is 0.615. The number of aromatic amines is 1. The lowest BCUT2D eigenvalue weighted by Gasteiger charge is -2.27. The van der Waals surface area contributed by atoms with Crippen molar-refractivity contribution in [3.63, 3.8) is 0 Å². The Balaban J connectivity index is 1.12. The number of aryl methyl sites for hydroxylation is 1. The van der Waals surface area contributed by atoms with Gasteiger partial charge in [-0.3, -0.25) is 41.8 Å². The molecule has 24 heteroatoms. The van der Waals surface area contributed by atoms with E-state index in [9.17, 15) is 28.4 Å². The minimum absolute atomic E-state index is 0.00716. The molecule has 0 radical (unpaired) electrons. The molecule has 3 aromatic heterocycles. The lowest BCUT2D eigenvalue weighted by molar-refractivity contribution is -0.0620. The Hall–Kier alpha value is -4.47. The van der Waals surface area contributed by atoms with Crippen LogP contribution in [-0.2, 0) is 42.5 Å². The number of hydrogen-bond acceptors (Lipinski definition) is 16. The number of aromatic nitrogens is 6. The number of hydrogen-bond donors (Lipinski definition) is 3. The van der Waals surface area contributed by atoms with Crippen molar-refractivity contribution in [1.82, 2.24) is 29.1 Å². The third-order valence-corrected chi connectivity index (χ3v) is 14.2. The zero-order valence-electron chi connectivity index (χ0n) is 30.0. The van der Waals surface area contributed by atoms with Gasteiger partial charge in [-0.05, 0) is 23.9 Å². The third kappa shape index (κ3) is 8.09. The largest absolute Gasteiger partial charge is 0.472 e. The molecule has 0 saturated carbocycles. The van der Waals surface area contributed by atoms with Crippen molar-refractivity contribution in [3.05, 3.63) is 117 Å². The van der Waals surface area contributed by atoms with Crippen LogP contribution in [0, 0.1) is 6.92 Å². The number of phosphoric acid groups is 1. The number of rotatable bonds is 7. The van der Waals surface area contributed by atoms with Gasteiger partial charge < -0.3 is 20.1 Å². The van der Waals surface area contributed by atoms with E-state index in [1.54, 1.807) is 36.4 Å². The predicted molar refractivity (Wildman–Crippen MR) is 200 cm³/mol. The number of carbonyl (C=O) groups excluding carboxylic acids is 1. The van der Waals surface area contributed by atoms with Gasteiger partial charge in [0.05, 0.1) is 19.5 Å². The van der Waals surface area contributed by atoms with Gasteiger partial charge in [-0.25, -0.2) is 37.7 Å². The molecule has 19 nitrogen and oxygen atoms in total. The summed E-state index contributed by atoms with van der Waals surface area (Å²) in [5.74, 6) is -0.317. The van der Waals surface area contributed by atoms with Gasteiger partial charge in [0.15, 0.2) is 42.0 Å². The Morgan fingerprint density at radius 2 is 1.59 bits per heavy atom. The van der Waals surface area contributed by atoms with Gasteiger partial charge in [0, 0.05) is 29.1 Å². The van der Waals surface area contributed by atoms with E-state index in [1.807, 2.05) is 24.0 Å². The second-order valence-electron chi connectivity index (χ2n) is 13.4. The number of phosphoric ester groups is 1. The van der Waals surface area contributed by atoms with Crippen LogP contribution in [0.4, 0.5) is 14.6 Å². The highest BCUT2D eigenvalue weighted by molar-refractivity contribution is 8.54. The Labute approximate surface area is 329 Å². The van der Waals surface area contributed by atoms with Crippen LogP contribution < -0.4 is 17.0 Å². The summed E-state index contributed by atoms with van der Waals surface area (Å²) in [7, 11) is -5.26. The number of ether oxygens (including phenoxy) is 2. The van der Waals surface area contributed by atoms with E-state index in [1.165, 1.54) is 10.9 Å². The maximum Gasteiger partial charge on any atom is 0.472 e. The van der Waals surface area contributed by atoms with Crippen molar-refractivity contribution >= 4 is 48.8 Å². The van der Waals surface area contributed by atoms with E-state index in [0.29, 0.717) is 32.6 Å². The number of imidazole rings is 1. The first kappa shape index (κ1) is 40.3. The van der Waals surface area contributed by atoms with Crippen LogP contribution >= 0.6 is 26.0 Å². The summed E-state index contributed by atoms with van der Waals surface area (Å²) < 4.78 is 96.5. The minimum Gasteiger partial charge on any atom is -0.382 e. The molecular weight excluding hydrogens is 830 g/mol. The standard InChI is InChI=1S/C34H33F2N7O12P2S/c1-17-2-6-19(7-3-17)27(45)20-8-4-18(5-9-20)14-58-57(49)51-13-22-28(25(36)32(53-22)42-11-10-23(44)41-34(42)46)54-56(47,48)50-12-21-24(35)29(55-57)33(52-21)43-16-40-26-30(37)38-15-39-31(26)43/h2-11,15-16,21-22,24-25,28-29,32-33H,12-14H2,1H3,(H,47,48)(H2,37,38,39)(H,41,44,46)/t21-,22-,24-,25-,28-,29-,32-,33-,57?/m1/s1. The normalized spacial score (nSPS) is 31.6. The van der Waals surface area contributed by atoms with Gasteiger partial charge in [-0.15, -0.1) is 0 Å². The summed E-state index contributed by atoms with van der Waals surface area (Å²) in [5, 5.41) is 0. The molecule has 3 aliphatic rings. The second-order valence-corrected chi connectivity index (χ2v) is 18.9. The summed E-state index contributed by atoms with van der Waals surface area (Å²) in [4.78, 5) is 62.3. The number of nitrogen functional groups attached to an aromatic ring is 1. The maximum atomic E-state index is 16.5. The zero-order chi connectivity index (χ0) is 40.9. The average molecular weight is 864 g/mol. The van der Waals surface area contributed by atoms with E-state index >= 15 is 8.78 Å². The summed E-state index contributed by atoms with van der Waals surface area (Å²) in [6, 6.07) is 14.4. The molecule has 6 heterocycles. The van der Waals surface area contributed by atoms with Gasteiger partial charge in [-0.1, -0.05) is 54.1 Å². The van der Waals surface area contributed by atoms with Crippen molar-refractivity contribution in [3.8, 4) is 0 Å². The summed E-state index contributed by atoms with van der Waals surface area (Å²) in [5.41, 5.74) is 6.73. The number of halogens is 2. The minimum atomic E-state index is -5.26. The smallest absolute Gasteiger partial charge is 0.382 e. The summed E-state index contributed by atoms with van der Waals surface area (Å²) in [6.07, 6.45) is -11.7. The number of fused-ring (bicyclic) bond motifs is 4. The molecular formula is C34H33F2N7O12P2S. The molecule has 2 aromatic carbocycles. The second kappa shape index (κ2) is 15.9. The van der Waals surface area contributed by atoms with Crippen LogP contribution in [0.15, 0.2) is 83.0 Å². The van der Waals surface area contributed by atoms with Crippen LogP contribution in [0.3, 0.4) is 0 Å². The number of nitrogens with two attached hydrogens (primary N) is 1. The first-order chi connectivity index (χ1) is 27.7. The Morgan fingerprint density at radius 3 is 2.31 bits per heavy atom.